The highest BCUT2D eigenvalue weighted by atomic mass is 35.5. The lowest BCUT2D eigenvalue weighted by Crippen LogP contribution is -2.39. The number of hydrogen-bond donors (Lipinski definition) is 0. The second-order valence-corrected chi connectivity index (χ2v) is 8.83. The summed E-state index contributed by atoms with van der Waals surface area (Å²) in [5.74, 6) is -1.29. The second-order valence-electron chi connectivity index (χ2n) is 6.16. The van der Waals surface area contributed by atoms with Crippen LogP contribution in [0.4, 0.5) is 10.1 Å². The first-order valence-corrected chi connectivity index (χ1v) is 10.0. The number of Topliss-reactive ketones (excluding diaryl/α,β-unsaturated/α-hetero) is 1. The van der Waals surface area contributed by atoms with Gasteiger partial charge in [0.2, 0.25) is 5.78 Å². The zero-order valence-electron chi connectivity index (χ0n) is 14.4. The van der Waals surface area contributed by atoms with Gasteiger partial charge in [0.05, 0.1) is 12.2 Å². The molecule has 27 heavy (non-hydrogen) atoms. The number of fused-ring (bicyclic) bond motifs is 1. The lowest BCUT2D eigenvalue weighted by Gasteiger charge is -2.32. The minimum Gasteiger partial charge on any atom is -0.382 e. The number of nitrogens with zero attached hydrogens (tertiary/aromatic N) is 2. The van der Waals surface area contributed by atoms with E-state index in [1.807, 2.05) is 0 Å². The standard InChI is InChI=1S/C18H15Cl2FN2O3S/c1-22(2)10-17-18(24)12-7-6-11(19)8-16(12)23(27(17,25)26)9-13-14(20)4-3-5-15(13)21/h3-8,10H,9H2,1-2H3/b17-10+. The van der Waals surface area contributed by atoms with Gasteiger partial charge in [0.1, 0.15) is 5.82 Å². The van der Waals surface area contributed by atoms with Gasteiger partial charge in [-0.15, -0.1) is 0 Å². The highest BCUT2D eigenvalue weighted by Gasteiger charge is 2.41. The highest BCUT2D eigenvalue weighted by molar-refractivity contribution is 7.97. The third-order valence-corrected chi connectivity index (χ3v) is 6.35. The maximum absolute atomic E-state index is 14.3. The van der Waals surface area contributed by atoms with Crippen LogP contribution in [-0.2, 0) is 16.6 Å². The molecule has 0 spiro atoms. The lowest BCUT2D eigenvalue weighted by atomic mass is 10.1. The number of ketones is 1. The van der Waals surface area contributed by atoms with E-state index in [0.717, 1.165) is 4.31 Å². The molecule has 3 rings (SSSR count). The van der Waals surface area contributed by atoms with E-state index in [1.165, 1.54) is 47.5 Å². The van der Waals surface area contributed by atoms with Gasteiger partial charge in [-0.2, -0.15) is 0 Å². The third-order valence-electron chi connectivity index (χ3n) is 4.00. The maximum Gasteiger partial charge on any atom is 0.270 e. The van der Waals surface area contributed by atoms with Gasteiger partial charge in [-0.3, -0.25) is 9.10 Å². The molecular formula is C18H15Cl2FN2O3S. The quantitative estimate of drug-likeness (QED) is 0.691. The van der Waals surface area contributed by atoms with Gasteiger partial charge >= 0.3 is 0 Å². The number of halogens is 3. The average Bonchev–Trinajstić information content (AvgIpc) is 2.57. The summed E-state index contributed by atoms with van der Waals surface area (Å²) in [6, 6.07) is 8.41. The van der Waals surface area contributed by atoms with E-state index in [4.69, 9.17) is 23.2 Å². The molecule has 0 atom stereocenters. The Balaban J connectivity index is 2.26. The number of rotatable bonds is 3. The van der Waals surface area contributed by atoms with Crippen molar-refractivity contribution in [2.75, 3.05) is 18.4 Å². The van der Waals surface area contributed by atoms with Gasteiger partial charge in [0.15, 0.2) is 4.91 Å². The summed E-state index contributed by atoms with van der Waals surface area (Å²) in [5, 5.41) is 0.338. The van der Waals surface area contributed by atoms with Gasteiger partial charge in [0, 0.05) is 41.5 Å². The summed E-state index contributed by atoms with van der Waals surface area (Å²) in [6.45, 7) is -0.376. The molecule has 0 radical (unpaired) electrons. The predicted octanol–water partition coefficient (Wildman–Crippen LogP) is 4.07. The molecule has 1 aliphatic rings. The van der Waals surface area contributed by atoms with E-state index in [9.17, 15) is 17.6 Å². The van der Waals surface area contributed by atoms with E-state index in [2.05, 4.69) is 0 Å². The van der Waals surface area contributed by atoms with E-state index >= 15 is 0 Å². The Morgan fingerprint density at radius 2 is 1.89 bits per heavy atom. The number of hydrogen-bond acceptors (Lipinski definition) is 4. The molecule has 0 aromatic heterocycles. The van der Waals surface area contributed by atoms with Crippen molar-refractivity contribution in [3.8, 4) is 0 Å². The molecule has 0 amide bonds. The molecule has 142 valence electrons. The van der Waals surface area contributed by atoms with Crippen LogP contribution >= 0.6 is 23.2 Å². The molecule has 1 heterocycles. The first-order chi connectivity index (χ1) is 12.6. The van der Waals surface area contributed by atoms with E-state index in [-0.39, 0.29) is 33.4 Å². The van der Waals surface area contributed by atoms with Crippen LogP contribution in [0, 0.1) is 5.82 Å². The normalized spacial score (nSPS) is 17.1. The Morgan fingerprint density at radius 1 is 1.19 bits per heavy atom. The predicted molar refractivity (Wildman–Crippen MR) is 104 cm³/mol. The molecule has 5 nitrogen and oxygen atoms in total. The Morgan fingerprint density at radius 3 is 2.52 bits per heavy atom. The second kappa shape index (κ2) is 7.14. The summed E-state index contributed by atoms with van der Waals surface area (Å²) >= 11 is 12.1. The van der Waals surface area contributed by atoms with Crippen molar-refractivity contribution < 1.29 is 17.6 Å². The summed E-state index contributed by atoms with van der Waals surface area (Å²) < 4.78 is 41.6. The Bertz CT molecular complexity index is 1050. The summed E-state index contributed by atoms with van der Waals surface area (Å²) in [6.07, 6.45) is 1.23. The van der Waals surface area contributed by atoms with E-state index in [1.54, 1.807) is 14.1 Å². The van der Waals surface area contributed by atoms with Crippen LogP contribution in [0.25, 0.3) is 0 Å². The largest absolute Gasteiger partial charge is 0.382 e. The van der Waals surface area contributed by atoms with Gasteiger partial charge < -0.3 is 4.90 Å². The fourth-order valence-corrected chi connectivity index (χ4v) is 4.78. The summed E-state index contributed by atoms with van der Waals surface area (Å²) in [4.78, 5) is 13.8. The van der Waals surface area contributed by atoms with Crippen molar-refractivity contribution in [2.45, 2.75) is 6.54 Å². The molecule has 0 bridgehead atoms. The first kappa shape index (κ1) is 19.7. The van der Waals surface area contributed by atoms with Gasteiger partial charge in [-0.1, -0.05) is 29.3 Å². The number of anilines is 1. The lowest BCUT2D eigenvalue weighted by molar-refractivity contribution is 0.104. The van der Waals surface area contributed by atoms with Crippen molar-refractivity contribution in [3.05, 3.63) is 74.5 Å². The van der Waals surface area contributed by atoms with E-state index in [0.29, 0.717) is 0 Å². The smallest absolute Gasteiger partial charge is 0.270 e. The van der Waals surface area contributed by atoms with Crippen molar-refractivity contribution in [3.63, 3.8) is 0 Å². The Labute approximate surface area is 166 Å². The summed E-state index contributed by atoms with van der Waals surface area (Å²) in [5.41, 5.74) is 0.254. The Hall–Kier alpha value is -2.09. The number of allylic oxidation sites excluding steroid dienone is 1. The molecule has 9 heteroatoms. The van der Waals surface area contributed by atoms with Crippen LogP contribution < -0.4 is 4.31 Å². The van der Waals surface area contributed by atoms with Crippen LogP contribution in [0.2, 0.25) is 10.0 Å². The fraction of sp³-hybridized carbons (Fsp3) is 0.167. The average molecular weight is 429 g/mol. The molecular weight excluding hydrogens is 414 g/mol. The molecule has 0 N–H and O–H groups in total. The van der Waals surface area contributed by atoms with Gasteiger partial charge in [0.25, 0.3) is 10.0 Å². The molecule has 2 aromatic carbocycles. The number of carbonyl (C=O) groups excluding carboxylic acids is 1. The number of benzene rings is 2. The van der Waals surface area contributed by atoms with Crippen LogP contribution in [0.15, 0.2) is 47.5 Å². The van der Waals surface area contributed by atoms with Crippen LogP contribution in [-0.4, -0.2) is 33.2 Å². The highest BCUT2D eigenvalue weighted by Crippen LogP contribution is 2.38. The number of carbonyl (C=O) groups is 1. The fourth-order valence-electron chi connectivity index (χ4n) is 2.76. The third kappa shape index (κ3) is 3.54. The van der Waals surface area contributed by atoms with Crippen molar-refractivity contribution >= 4 is 44.7 Å². The van der Waals surface area contributed by atoms with Gasteiger partial charge in [-0.25, -0.2) is 12.8 Å². The first-order valence-electron chi connectivity index (χ1n) is 7.81. The molecule has 0 saturated carbocycles. The molecule has 0 saturated heterocycles. The SMILES string of the molecule is CN(C)/C=C1\C(=O)c2ccc(Cl)cc2N(Cc2c(F)cccc2Cl)S1(=O)=O. The van der Waals surface area contributed by atoms with Gasteiger partial charge in [-0.05, 0) is 30.3 Å². The molecule has 0 unspecified atom stereocenters. The zero-order valence-corrected chi connectivity index (χ0v) is 16.7. The minimum absolute atomic E-state index is 0.00668. The van der Waals surface area contributed by atoms with Crippen LogP contribution in [0.5, 0.6) is 0 Å². The monoisotopic (exact) mass is 428 g/mol. The zero-order chi connectivity index (χ0) is 19.9. The van der Waals surface area contributed by atoms with Crippen LogP contribution in [0.3, 0.4) is 0 Å². The maximum atomic E-state index is 14.3. The molecule has 1 aliphatic heterocycles. The Kier molecular flexibility index (Phi) is 5.20. The number of sulfonamides is 1. The molecule has 0 aliphatic carbocycles. The van der Waals surface area contributed by atoms with Crippen molar-refractivity contribution in [1.29, 1.82) is 0 Å². The topological polar surface area (TPSA) is 57.7 Å². The van der Waals surface area contributed by atoms with Crippen molar-refractivity contribution in [1.82, 2.24) is 4.90 Å². The van der Waals surface area contributed by atoms with E-state index < -0.39 is 26.5 Å². The molecule has 0 fully saturated rings. The molecule has 2 aromatic rings. The summed E-state index contributed by atoms with van der Waals surface area (Å²) in [7, 11) is -1.05. The minimum atomic E-state index is -4.25. The van der Waals surface area contributed by atoms with Crippen molar-refractivity contribution in [2.24, 2.45) is 0 Å². The van der Waals surface area contributed by atoms with Crippen LogP contribution in [0.1, 0.15) is 15.9 Å².